The highest BCUT2D eigenvalue weighted by atomic mass is 31.2. The summed E-state index contributed by atoms with van der Waals surface area (Å²) >= 11 is 0. The van der Waals surface area contributed by atoms with Crippen LogP contribution in [0.25, 0.3) is 10.9 Å². The lowest BCUT2D eigenvalue weighted by molar-refractivity contribution is -0.113. The Morgan fingerprint density at radius 1 is 1.02 bits per heavy atom. The van der Waals surface area contributed by atoms with Gasteiger partial charge in [0, 0.05) is 57.0 Å². The van der Waals surface area contributed by atoms with E-state index in [0.717, 1.165) is 25.0 Å². The van der Waals surface area contributed by atoms with Gasteiger partial charge in [-0.25, -0.2) is 8.96 Å². The molecule has 0 aliphatic carbocycles. The molecule has 286 valence electrons. The fraction of sp³-hybridized carbons (Fsp3) is 0.400. The number of phenolic OH excluding ortho intramolecular Hbond substituents is 1. The molecule has 1 N–H and O–H groups in total. The van der Waals surface area contributed by atoms with E-state index in [1.807, 2.05) is 33.8 Å². The van der Waals surface area contributed by atoms with Gasteiger partial charge in [0.2, 0.25) is 0 Å². The number of nitrogens with zero attached hydrogens (tertiary/aromatic N) is 3. The number of halogens is 1. The molecule has 1 aliphatic heterocycles. The minimum absolute atomic E-state index is 0.134. The molecule has 1 aromatic heterocycles. The number of aromatic nitrogens is 1. The third kappa shape index (κ3) is 11.7. The summed E-state index contributed by atoms with van der Waals surface area (Å²) < 4.78 is 40.8. The van der Waals surface area contributed by atoms with Crippen molar-refractivity contribution < 1.29 is 42.2 Å². The Bertz CT molecular complexity index is 1830. The van der Waals surface area contributed by atoms with Crippen LogP contribution in [0.4, 0.5) is 4.39 Å². The van der Waals surface area contributed by atoms with E-state index in [0.29, 0.717) is 54.2 Å². The Balaban J connectivity index is 0.000000303. The first kappa shape index (κ1) is 42.8. The van der Waals surface area contributed by atoms with E-state index < -0.39 is 13.7 Å². The Morgan fingerprint density at radius 3 is 2.23 bits per heavy atom. The molecule has 0 saturated carbocycles. The van der Waals surface area contributed by atoms with E-state index in [-0.39, 0.29) is 47.6 Å². The highest BCUT2D eigenvalue weighted by Gasteiger charge is 2.37. The molecule has 11 nitrogen and oxygen atoms in total. The van der Waals surface area contributed by atoms with Gasteiger partial charge in [-0.3, -0.25) is 19.1 Å². The number of methoxy groups -OCH3 is 1. The van der Waals surface area contributed by atoms with Crippen LogP contribution in [0.3, 0.4) is 0 Å². The van der Waals surface area contributed by atoms with E-state index in [1.54, 1.807) is 72.4 Å². The number of fused-ring (bicyclic) bond motifs is 2. The minimum Gasteiger partial charge on any atom is -0.505 e. The van der Waals surface area contributed by atoms with Crippen LogP contribution in [0.2, 0.25) is 0 Å². The zero-order valence-electron chi connectivity index (χ0n) is 31.4. The number of benzene rings is 3. The lowest BCUT2D eigenvalue weighted by Gasteiger charge is -2.24. The second-order valence-electron chi connectivity index (χ2n) is 12.3. The summed E-state index contributed by atoms with van der Waals surface area (Å²) in [6.45, 7) is 11.9. The van der Waals surface area contributed by atoms with E-state index in [2.05, 4.69) is 9.72 Å². The van der Waals surface area contributed by atoms with Crippen LogP contribution in [0.5, 0.6) is 11.5 Å². The first-order chi connectivity index (χ1) is 25.5. The Labute approximate surface area is 311 Å². The molecule has 0 fully saturated rings. The van der Waals surface area contributed by atoms with Gasteiger partial charge < -0.3 is 29.0 Å². The Morgan fingerprint density at radius 2 is 1.66 bits per heavy atom. The van der Waals surface area contributed by atoms with Crippen molar-refractivity contribution in [1.29, 1.82) is 0 Å². The molecule has 0 radical (unpaired) electrons. The van der Waals surface area contributed by atoms with Crippen LogP contribution in [-0.4, -0.2) is 77.1 Å². The van der Waals surface area contributed by atoms with Crippen molar-refractivity contribution in [3.8, 4) is 11.5 Å². The standard InChI is InChI=1S/C25H26FN3O3.C12H17O4P.C3H8O/c1-3-12-28(13-4-2)24(31)20-18-6-5-11-27-22(18)23(30)21-19(20)15-29(25(21)32)14-16-7-9-17(26)10-8-16;1-3-9-17(14,15-11(2)10-13)16-12-7-5-4-6-8-12;1-3-4-2/h5-11,30H,3-4,12-15H2,1-2H3;4-8,10-11H,3,9H2,1-2H3;3H2,1-2H3. The fourth-order valence-electron chi connectivity index (χ4n) is 5.66. The number of rotatable bonds is 15. The van der Waals surface area contributed by atoms with Gasteiger partial charge in [-0.1, -0.05) is 57.2 Å². The summed E-state index contributed by atoms with van der Waals surface area (Å²) in [5, 5.41) is 11.5. The number of hydrogen-bond acceptors (Lipinski definition) is 9. The molecule has 5 rings (SSSR count). The van der Waals surface area contributed by atoms with Crippen LogP contribution in [0, 0.1) is 5.82 Å². The zero-order chi connectivity index (χ0) is 39.0. The van der Waals surface area contributed by atoms with Crippen molar-refractivity contribution in [1.82, 2.24) is 14.8 Å². The number of carbonyl (C=O) groups is 3. The first-order valence-electron chi connectivity index (χ1n) is 17.9. The molecule has 53 heavy (non-hydrogen) atoms. The van der Waals surface area contributed by atoms with E-state index in [4.69, 9.17) is 9.05 Å². The van der Waals surface area contributed by atoms with Gasteiger partial charge in [-0.2, -0.15) is 0 Å². The molecule has 13 heteroatoms. The van der Waals surface area contributed by atoms with Gasteiger partial charge in [0.25, 0.3) is 11.8 Å². The maximum Gasteiger partial charge on any atom is 0.379 e. The van der Waals surface area contributed by atoms with Crippen molar-refractivity contribution in [2.45, 2.75) is 73.1 Å². The SMILES string of the molecule is CCCN(CCC)C(=O)c1c2c(c(O)c3ncccc13)C(=O)N(Cc1ccc(F)cc1)C2.CCCP(=O)(Oc1ccccc1)OC(C)C=O.CCOC. The summed E-state index contributed by atoms with van der Waals surface area (Å²) in [7, 11) is -1.56. The predicted molar refractivity (Wildman–Crippen MR) is 204 cm³/mol. The summed E-state index contributed by atoms with van der Waals surface area (Å²) in [6, 6.07) is 18.3. The van der Waals surface area contributed by atoms with Crippen molar-refractivity contribution in [2.75, 3.05) is 33.0 Å². The van der Waals surface area contributed by atoms with Crippen LogP contribution in [0.1, 0.15) is 85.7 Å². The molecule has 3 aromatic carbocycles. The van der Waals surface area contributed by atoms with Gasteiger partial charge in [0.15, 0.2) is 5.75 Å². The average Bonchev–Trinajstić information content (AvgIpc) is 3.48. The lowest BCUT2D eigenvalue weighted by Crippen LogP contribution is -2.33. The monoisotopic (exact) mass is 751 g/mol. The molecule has 2 amide bonds. The van der Waals surface area contributed by atoms with Crippen LogP contribution in [0.15, 0.2) is 72.9 Å². The second kappa shape index (κ2) is 21.2. The molecular formula is C40H51FN3O8P. The van der Waals surface area contributed by atoms with Gasteiger partial charge in [-0.15, -0.1) is 0 Å². The third-order valence-corrected chi connectivity index (χ3v) is 10.2. The molecule has 2 atom stereocenters. The number of ether oxygens (including phenoxy) is 1. The zero-order valence-corrected chi connectivity index (χ0v) is 32.3. The molecule has 1 aliphatic rings. The third-order valence-electron chi connectivity index (χ3n) is 8.06. The number of pyridine rings is 1. The number of carbonyl (C=O) groups excluding carboxylic acids is 3. The first-order valence-corrected chi connectivity index (χ1v) is 19.6. The normalized spacial score (nSPS) is 13.5. The molecule has 0 saturated heterocycles. The molecule has 0 bridgehead atoms. The van der Waals surface area contributed by atoms with Gasteiger partial charge in [0.05, 0.1) is 17.3 Å². The topological polar surface area (TPSA) is 136 Å². The van der Waals surface area contributed by atoms with Crippen molar-refractivity contribution in [3.05, 3.63) is 101 Å². The molecule has 2 unspecified atom stereocenters. The number of aldehydes is 1. The fourth-order valence-corrected chi connectivity index (χ4v) is 7.45. The van der Waals surface area contributed by atoms with E-state index in [1.165, 1.54) is 18.3 Å². The maximum atomic E-state index is 13.7. The smallest absolute Gasteiger partial charge is 0.379 e. The van der Waals surface area contributed by atoms with Crippen LogP contribution in [-0.2, 0) is 31.7 Å². The Hall–Kier alpha value is -4.64. The Kier molecular flexibility index (Phi) is 17.1. The number of amides is 2. The summed E-state index contributed by atoms with van der Waals surface area (Å²) in [5.41, 5.74) is 2.10. The molecule has 4 aromatic rings. The highest BCUT2D eigenvalue weighted by Crippen LogP contribution is 2.49. The van der Waals surface area contributed by atoms with Gasteiger partial charge in [0.1, 0.15) is 29.5 Å². The number of hydrogen-bond donors (Lipinski definition) is 1. The number of aromatic hydroxyl groups is 1. The van der Waals surface area contributed by atoms with Crippen LogP contribution >= 0.6 is 7.60 Å². The quantitative estimate of drug-likeness (QED) is 0.0938. The average molecular weight is 752 g/mol. The van der Waals surface area contributed by atoms with Gasteiger partial charge in [-0.05, 0) is 69.0 Å². The second-order valence-corrected chi connectivity index (χ2v) is 14.4. The largest absolute Gasteiger partial charge is 0.505 e. The van der Waals surface area contributed by atoms with E-state index >= 15 is 0 Å². The number of para-hydroxylation sites is 1. The summed E-state index contributed by atoms with van der Waals surface area (Å²) in [4.78, 5) is 45.1. The minimum atomic E-state index is -3.25. The summed E-state index contributed by atoms with van der Waals surface area (Å²) in [5.74, 6) is -0.571. The molecule has 0 spiro atoms. The number of phenols is 1. The predicted octanol–water partition coefficient (Wildman–Crippen LogP) is 8.42. The van der Waals surface area contributed by atoms with Crippen molar-refractivity contribution >= 4 is 36.6 Å². The highest BCUT2D eigenvalue weighted by molar-refractivity contribution is 7.54. The molecule has 2 heterocycles. The van der Waals surface area contributed by atoms with Gasteiger partial charge >= 0.3 is 7.60 Å². The van der Waals surface area contributed by atoms with Crippen molar-refractivity contribution in [3.63, 3.8) is 0 Å². The summed E-state index contributed by atoms with van der Waals surface area (Å²) in [6.07, 6.45) is 4.01. The van der Waals surface area contributed by atoms with E-state index in [9.17, 15) is 28.4 Å². The van der Waals surface area contributed by atoms with Crippen molar-refractivity contribution in [2.24, 2.45) is 0 Å². The lowest BCUT2D eigenvalue weighted by atomic mass is 9.95. The van der Waals surface area contributed by atoms with Crippen LogP contribution < -0.4 is 4.52 Å². The molecular weight excluding hydrogens is 700 g/mol. The maximum absolute atomic E-state index is 13.7.